The number of quaternary nitrogens is 1. The van der Waals surface area contributed by atoms with Crippen molar-refractivity contribution in [2.75, 3.05) is 26.2 Å². The van der Waals surface area contributed by atoms with E-state index in [1.807, 2.05) is 6.07 Å². The van der Waals surface area contributed by atoms with Crippen LogP contribution < -0.4 is 4.90 Å². The number of benzene rings is 1. The van der Waals surface area contributed by atoms with Crippen molar-refractivity contribution in [1.29, 1.82) is 0 Å². The summed E-state index contributed by atoms with van der Waals surface area (Å²) in [6.07, 6.45) is 0. The molecular weight excluding hydrogens is 340 g/mol. The van der Waals surface area contributed by atoms with Gasteiger partial charge in [0.1, 0.15) is 29.6 Å². The fourth-order valence-corrected chi connectivity index (χ4v) is 4.39. The first kappa shape index (κ1) is 17.0. The Hall–Kier alpha value is -1.84. The van der Waals surface area contributed by atoms with Crippen molar-refractivity contribution in [1.82, 2.24) is 9.46 Å². The molecule has 24 heavy (non-hydrogen) atoms. The summed E-state index contributed by atoms with van der Waals surface area (Å²) < 4.78 is 58.8. The molecule has 1 aromatic carbocycles. The molecular formula is C15H18F2N3O3S+. The number of halogens is 2. The van der Waals surface area contributed by atoms with Gasteiger partial charge >= 0.3 is 0 Å². The van der Waals surface area contributed by atoms with Crippen LogP contribution in [0.25, 0.3) is 0 Å². The van der Waals surface area contributed by atoms with Gasteiger partial charge in [-0.1, -0.05) is 11.2 Å². The van der Waals surface area contributed by atoms with Gasteiger partial charge in [0.05, 0.1) is 26.2 Å². The lowest BCUT2D eigenvalue weighted by atomic mass is 10.3. The maximum Gasteiger partial charge on any atom is 0.249 e. The maximum atomic E-state index is 13.8. The molecule has 0 aliphatic carbocycles. The molecule has 6 nitrogen and oxygen atoms in total. The van der Waals surface area contributed by atoms with Gasteiger partial charge in [0, 0.05) is 6.07 Å². The van der Waals surface area contributed by atoms with Crippen LogP contribution in [0.1, 0.15) is 11.5 Å². The van der Waals surface area contributed by atoms with Gasteiger partial charge in [0.25, 0.3) is 0 Å². The van der Waals surface area contributed by atoms with Crippen molar-refractivity contribution in [3.63, 3.8) is 0 Å². The number of piperazine rings is 1. The largest absolute Gasteiger partial charge is 0.361 e. The number of rotatable bonds is 4. The normalized spacial score (nSPS) is 17.3. The van der Waals surface area contributed by atoms with E-state index in [0.29, 0.717) is 19.6 Å². The smallest absolute Gasteiger partial charge is 0.249 e. The summed E-state index contributed by atoms with van der Waals surface area (Å²) >= 11 is 0. The first-order chi connectivity index (χ1) is 11.4. The fourth-order valence-electron chi connectivity index (χ4n) is 2.84. The van der Waals surface area contributed by atoms with Crippen LogP contribution in [0.15, 0.2) is 33.7 Å². The Bertz CT molecular complexity index is 810. The predicted octanol–water partition coefficient (Wildman–Crippen LogP) is 0.351. The molecule has 0 amide bonds. The highest BCUT2D eigenvalue weighted by Gasteiger charge is 2.34. The Balaban J connectivity index is 1.69. The van der Waals surface area contributed by atoms with Crippen LogP contribution in [0, 0.1) is 18.6 Å². The van der Waals surface area contributed by atoms with Crippen LogP contribution >= 0.6 is 0 Å². The molecule has 130 valence electrons. The Kier molecular flexibility index (Phi) is 4.66. The molecule has 0 spiro atoms. The second kappa shape index (κ2) is 6.58. The first-order valence-electron chi connectivity index (χ1n) is 7.58. The summed E-state index contributed by atoms with van der Waals surface area (Å²) in [7, 11) is -4.18. The fraction of sp³-hybridized carbons (Fsp3) is 0.400. The van der Waals surface area contributed by atoms with Gasteiger partial charge in [-0.15, -0.1) is 0 Å². The van der Waals surface area contributed by atoms with Gasteiger partial charge in [-0.25, -0.2) is 17.2 Å². The Morgan fingerprint density at radius 1 is 1.25 bits per heavy atom. The standard InChI is InChI=1S/C15H17F2N3O3S/c1-11-9-12(18-23-11)10-19-5-7-20(8-6-19)24(21,22)15-13(16)3-2-4-14(15)17/h2-4,9H,5-8,10H2,1H3/p+1. The molecule has 3 rings (SSSR count). The molecule has 9 heteroatoms. The molecule has 1 aliphatic rings. The summed E-state index contributed by atoms with van der Waals surface area (Å²) in [5.74, 6) is -1.41. The van der Waals surface area contributed by atoms with E-state index in [9.17, 15) is 17.2 Å². The van der Waals surface area contributed by atoms with Crippen molar-refractivity contribution in [2.24, 2.45) is 0 Å². The lowest BCUT2D eigenvalue weighted by molar-refractivity contribution is -0.917. The average molecular weight is 358 g/mol. The highest BCUT2D eigenvalue weighted by Crippen LogP contribution is 2.22. The monoisotopic (exact) mass is 358 g/mol. The molecule has 0 unspecified atom stereocenters. The van der Waals surface area contributed by atoms with Crippen molar-refractivity contribution in [2.45, 2.75) is 18.4 Å². The summed E-state index contributed by atoms with van der Waals surface area (Å²) in [6, 6.07) is 4.88. The van der Waals surface area contributed by atoms with Crippen LogP contribution in [0.4, 0.5) is 8.78 Å². The molecule has 1 saturated heterocycles. The second-order valence-electron chi connectivity index (χ2n) is 5.81. The lowest BCUT2D eigenvalue weighted by Gasteiger charge is -2.31. The SMILES string of the molecule is Cc1cc(C[NH+]2CCN(S(=O)(=O)c3c(F)cccc3F)CC2)no1. The second-order valence-corrected chi connectivity index (χ2v) is 7.69. The van der Waals surface area contributed by atoms with Crippen LogP contribution in [-0.2, 0) is 16.6 Å². The van der Waals surface area contributed by atoms with Gasteiger partial charge in [-0.3, -0.25) is 0 Å². The molecule has 0 radical (unpaired) electrons. The van der Waals surface area contributed by atoms with Gasteiger partial charge in [0.2, 0.25) is 10.0 Å². The minimum Gasteiger partial charge on any atom is -0.361 e. The van der Waals surface area contributed by atoms with E-state index in [2.05, 4.69) is 5.16 Å². The van der Waals surface area contributed by atoms with Crippen LogP contribution in [0.2, 0.25) is 0 Å². The third-order valence-electron chi connectivity index (χ3n) is 4.05. The summed E-state index contributed by atoms with van der Waals surface area (Å²) in [4.78, 5) is 0.268. The van der Waals surface area contributed by atoms with Gasteiger partial charge < -0.3 is 9.42 Å². The number of aromatic nitrogens is 1. The van der Waals surface area contributed by atoms with E-state index in [0.717, 1.165) is 38.9 Å². The summed E-state index contributed by atoms with van der Waals surface area (Å²) in [5.41, 5.74) is 0.805. The quantitative estimate of drug-likeness (QED) is 0.857. The number of aryl methyl sites for hydroxylation is 1. The highest BCUT2D eigenvalue weighted by molar-refractivity contribution is 7.89. The van der Waals surface area contributed by atoms with E-state index in [4.69, 9.17) is 4.52 Å². The molecule has 1 aromatic heterocycles. The lowest BCUT2D eigenvalue weighted by Crippen LogP contribution is -3.13. The predicted molar refractivity (Wildman–Crippen MR) is 80.8 cm³/mol. The number of nitrogens with zero attached hydrogens (tertiary/aromatic N) is 2. The Labute approximate surface area is 138 Å². The molecule has 2 heterocycles. The molecule has 1 aliphatic heterocycles. The average Bonchev–Trinajstić information content (AvgIpc) is 2.92. The maximum absolute atomic E-state index is 13.8. The van der Waals surface area contributed by atoms with Crippen molar-refractivity contribution in [3.8, 4) is 0 Å². The Morgan fingerprint density at radius 2 is 1.88 bits per heavy atom. The van der Waals surface area contributed by atoms with Crippen LogP contribution in [0.3, 0.4) is 0 Å². The summed E-state index contributed by atoms with van der Waals surface area (Å²) in [5, 5.41) is 3.92. The minimum atomic E-state index is -4.18. The van der Waals surface area contributed by atoms with Gasteiger partial charge in [0.15, 0.2) is 4.90 Å². The zero-order chi connectivity index (χ0) is 17.3. The zero-order valence-corrected chi connectivity index (χ0v) is 13.9. The highest BCUT2D eigenvalue weighted by atomic mass is 32.2. The van der Waals surface area contributed by atoms with E-state index < -0.39 is 26.6 Å². The number of hydrogen-bond acceptors (Lipinski definition) is 4. The van der Waals surface area contributed by atoms with Crippen molar-refractivity contribution < 1.29 is 26.6 Å². The van der Waals surface area contributed by atoms with Crippen molar-refractivity contribution >= 4 is 10.0 Å². The Morgan fingerprint density at radius 3 is 2.42 bits per heavy atom. The number of nitrogens with one attached hydrogen (secondary N) is 1. The van der Waals surface area contributed by atoms with Crippen LogP contribution in [-0.4, -0.2) is 44.1 Å². The molecule has 1 fully saturated rings. The third kappa shape index (κ3) is 3.33. The number of sulfonamides is 1. The molecule has 0 atom stereocenters. The van der Waals surface area contributed by atoms with E-state index >= 15 is 0 Å². The zero-order valence-electron chi connectivity index (χ0n) is 13.1. The van der Waals surface area contributed by atoms with Crippen molar-refractivity contribution in [3.05, 3.63) is 47.4 Å². The molecule has 2 aromatic rings. The van der Waals surface area contributed by atoms with Gasteiger partial charge in [-0.2, -0.15) is 4.31 Å². The minimum absolute atomic E-state index is 0.197. The van der Waals surface area contributed by atoms with E-state index in [1.165, 1.54) is 0 Å². The van der Waals surface area contributed by atoms with Crippen LogP contribution in [0.5, 0.6) is 0 Å². The first-order valence-corrected chi connectivity index (χ1v) is 9.02. The van der Waals surface area contributed by atoms with Gasteiger partial charge in [-0.05, 0) is 19.1 Å². The van der Waals surface area contributed by atoms with E-state index in [1.54, 1.807) is 6.92 Å². The summed E-state index contributed by atoms with van der Waals surface area (Å²) in [6.45, 7) is 3.88. The molecule has 1 N–H and O–H groups in total. The van der Waals surface area contributed by atoms with E-state index in [-0.39, 0.29) is 13.1 Å². The molecule has 0 bridgehead atoms. The topological polar surface area (TPSA) is 67.8 Å². The third-order valence-corrected chi connectivity index (χ3v) is 6.01. The molecule has 0 saturated carbocycles. The number of hydrogen-bond donors (Lipinski definition) is 1.